The van der Waals surface area contributed by atoms with E-state index >= 15 is 0 Å². The van der Waals surface area contributed by atoms with Crippen molar-refractivity contribution in [2.45, 2.75) is 18.9 Å². The predicted octanol–water partition coefficient (Wildman–Crippen LogP) is 2.35. The minimum atomic E-state index is -0.346. The van der Waals surface area contributed by atoms with Crippen LogP contribution < -0.4 is 15.2 Å². The van der Waals surface area contributed by atoms with Gasteiger partial charge in [0, 0.05) is 18.2 Å². The molecule has 0 aromatic heterocycles. The second kappa shape index (κ2) is 5.19. The summed E-state index contributed by atoms with van der Waals surface area (Å²) in [6.07, 6.45) is 5.83. The highest BCUT2D eigenvalue weighted by molar-refractivity contribution is 5.62. The van der Waals surface area contributed by atoms with Crippen molar-refractivity contribution < 1.29 is 13.9 Å². The summed E-state index contributed by atoms with van der Waals surface area (Å²) < 4.78 is 24.3. The van der Waals surface area contributed by atoms with Crippen molar-refractivity contribution in [3.63, 3.8) is 0 Å². The van der Waals surface area contributed by atoms with Gasteiger partial charge in [-0.2, -0.15) is 0 Å². The van der Waals surface area contributed by atoms with Crippen molar-refractivity contribution in [3.05, 3.63) is 29.6 Å². The number of ether oxygens (including phenoxy) is 2. The molecule has 1 fully saturated rings. The largest absolute Gasteiger partial charge is 0.493 e. The van der Waals surface area contributed by atoms with E-state index in [9.17, 15) is 4.39 Å². The minimum absolute atomic E-state index is 0.236. The summed E-state index contributed by atoms with van der Waals surface area (Å²) in [7, 11) is 1.50. The molecule has 0 spiro atoms. The van der Waals surface area contributed by atoms with Gasteiger partial charge in [0.15, 0.2) is 11.5 Å². The van der Waals surface area contributed by atoms with E-state index < -0.39 is 0 Å². The average Bonchev–Trinajstić information content (AvgIpc) is 3.12. The van der Waals surface area contributed by atoms with Crippen molar-refractivity contribution in [1.82, 2.24) is 0 Å². The van der Waals surface area contributed by atoms with E-state index in [0.29, 0.717) is 23.6 Å². The number of benzene rings is 1. The van der Waals surface area contributed by atoms with Crippen LogP contribution in [-0.4, -0.2) is 19.8 Å². The quantitative estimate of drug-likeness (QED) is 0.855. The number of nitrogens with two attached hydrogens (primary N) is 1. The van der Waals surface area contributed by atoms with E-state index in [2.05, 4.69) is 0 Å². The van der Waals surface area contributed by atoms with Crippen molar-refractivity contribution in [2.24, 2.45) is 5.73 Å². The predicted molar refractivity (Wildman–Crippen MR) is 64.7 cm³/mol. The highest BCUT2D eigenvalue weighted by Crippen LogP contribution is 2.37. The first-order valence-electron chi connectivity index (χ1n) is 5.65. The van der Waals surface area contributed by atoms with Crippen molar-refractivity contribution >= 4 is 6.08 Å². The Kier molecular flexibility index (Phi) is 3.64. The molecule has 0 aliphatic heterocycles. The van der Waals surface area contributed by atoms with Crippen LogP contribution in [0.25, 0.3) is 6.08 Å². The normalized spacial score (nSPS) is 15.2. The van der Waals surface area contributed by atoms with Gasteiger partial charge in [0.05, 0.1) is 13.2 Å². The minimum Gasteiger partial charge on any atom is -0.493 e. The Bertz CT molecular complexity index is 428. The summed E-state index contributed by atoms with van der Waals surface area (Å²) in [4.78, 5) is 0. The monoisotopic (exact) mass is 237 g/mol. The first-order chi connectivity index (χ1) is 8.24. The van der Waals surface area contributed by atoms with Crippen LogP contribution in [0.4, 0.5) is 4.39 Å². The Balaban J connectivity index is 2.37. The van der Waals surface area contributed by atoms with Crippen LogP contribution in [0, 0.1) is 5.82 Å². The second-order valence-electron chi connectivity index (χ2n) is 3.98. The molecule has 0 atom stereocenters. The molecule has 3 nitrogen and oxygen atoms in total. The zero-order valence-electron chi connectivity index (χ0n) is 9.78. The first kappa shape index (κ1) is 11.9. The number of hydrogen-bond acceptors (Lipinski definition) is 3. The Morgan fingerprint density at radius 2 is 2.24 bits per heavy atom. The summed E-state index contributed by atoms with van der Waals surface area (Å²) >= 11 is 0. The number of rotatable bonds is 5. The zero-order valence-corrected chi connectivity index (χ0v) is 9.78. The van der Waals surface area contributed by atoms with Crippen LogP contribution in [-0.2, 0) is 0 Å². The van der Waals surface area contributed by atoms with Crippen LogP contribution in [0.5, 0.6) is 11.5 Å². The molecule has 1 aliphatic carbocycles. The Hall–Kier alpha value is -1.55. The molecule has 1 aromatic carbocycles. The maximum atomic E-state index is 13.4. The maximum Gasteiger partial charge on any atom is 0.168 e. The highest BCUT2D eigenvalue weighted by atomic mass is 19.1. The number of methoxy groups -OCH3 is 1. The molecule has 4 heteroatoms. The van der Waals surface area contributed by atoms with Gasteiger partial charge in [-0.25, -0.2) is 4.39 Å². The molecule has 0 radical (unpaired) electrons. The summed E-state index contributed by atoms with van der Waals surface area (Å²) in [6.45, 7) is 0.404. The molecule has 0 heterocycles. The molecule has 1 aliphatic rings. The van der Waals surface area contributed by atoms with E-state index in [1.807, 2.05) is 0 Å². The van der Waals surface area contributed by atoms with Gasteiger partial charge < -0.3 is 15.2 Å². The van der Waals surface area contributed by atoms with Gasteiger partial charge in [-0.1, -0.05) is 12.2 Å². The lowest BCUT2D eigenvalue weighted by molar-refractivity contribution is 0.280. The Morgan fingerprint density at radius 3 is 2.82 bits per heavy atom. The molecule has 0 unspecified atom stereocenters. The lowest BCUT2D eigenvalue weighted by Crippen LogP contribution is -2.01. The van der Waals surface area contributed by atoms with Gasteiger partial charge in [-0.05, 0) is 18.9 Å². The third-order valence-electron chi connectivity index (χ3n) is 2.51. The fraction of sp³-hybridized carbons (Fsp3) is 0.385. The van der Waals surface area contributed by atoms with Gasteiger partial charge in [0.1, 0.15) is 5.82 Å². The Morgan fingerprint density at radius 1 is 1.47 bits per heavy atom. The number of hydrogen-bond donors (Lipinski definition) is 1. The molecule has 17 heavy (non-hydrogen) atoms. The molecule has 0 amide bonds. The van der Waals surface area contributed by atoms with Crippen LogP contribution in [0.3, 0.4) is 0 Å². The van der Waals surface area contributed by atoms with E-state index in [1.165, 1.54) is 19.2 Å². The van der Waals surface area contributed by atoms with Crippen molar-refractivity contribution in [1.29, 1.82) is 0 Å². The van der Waals surface area contributed by atoms with E-state index in [1.54, 1.807) is 12.2 Å². The molecule has 0 saturated heterocycles. The van der Waals surface area contributed by atoms with Gasteiger partial charge in [0.2, 0.25) is 0 Å². The van der Waals surface area contributed by atoms with E-state index in [-0.39, 0.29) is 11.9 Å². The van der Waals surface area contributed by atoms with Crippen LogP contribution in [0.1, 0.15) is 18.4 Å². The molecule has 2 rings (SSSR count). The summed E-state index contributed by atoms with van der Waals surface area (Å²) in [5, 5.41) is 0. The first-order valence-corrected chi connectivity index (χ1v) is 5.65. The van der Waals surface area contributed by atoms with Crippen molar-refractivity contribution in [3.8, 4) is 11.5 Å². The van der Waals surface area contributed by atoms with E-state index in [4.69, 9.17) is 15.2 Å². The second-order valence-corrected chi connectivity index (χ2v) is 3.98. The number of halogens is 1. The third kappa shape index (κ3) is 2.97. The molecular weight excluding hydrogens is 221 g/mol. The molecule has 1 aromatic rings. The highest BCUT2D eigenvalue weighted by Gasteiger charge is 2.26. The van der Waals surface area contributed by atoms with E-state index in [0.717, 1.165) is 12.8 Å². The Labute approximate surface area is 100 Å². The fourth-order valence-corrected chi connectivity index (χ4v) is 1.54. The topological polar surface area (TPSA) is 44.5 Å². The van der Waals surface area contributed by atoms with Crippen LogP contribution in [0.2, 0.25) is 0 Å². The smallest absolute Gasteiger partial charge is 0.168 e. The molecular formula is C13H16FNO2. The molecule has 2 N–H and O–H groups in total. The van der Waals surface area contributed by atoms with Crippen LogP contribution >= 0.6 is 0 Å². The average molecular weight is 237 g/mol. The standard InChI is InChI=1S/C13H16FNO2/c1-16-12-8-10(14)7-9(3-2-6-15)13(12)17-11-4-5-11/h2-3,7-8,11H,4-6,15H2,1H3/b3-2+. The summed E-state index contributed by atoms with van der Waals surface area (Å²) in [6, 6.07) is 2.75. The third-order valence-corrected chi connectivity index (χ3v) is 2.51. The fourth-order valence-electron chi connectivity index (χ4n) is 1.54. The maximum absolute atomic E-state index is 13.4. The SMILES string of the molecule is COc1cc(F)cc(/C=C/CN)c1OC1CC1. The molecule has 92 valence electrons. The molecule has 1 saturated carbocycles. The van der Waals surface area contributed by atoms with Crippen molar-refractivity contribution in [2.75, 3.05) is 13.7 Å². The zero-order chi connectivity index (χ0) is 12.3. The lowest BCUT2D eigenvalue weighted by Gasteiger charge is -2.13. The molecule has 0 bridgehead atoms. The van der Waals surface area contributed by atoms with Gasteiger partial charge in [0.25, 0.3) is 0 Å². The lowest BCUT2D eigenvalue weighted by atomic mass is 10.1. The summed E-state index contributed by atoms with van der Waals surface area (Å²) in [5.74, 6) is 0.677. The van der Waals surface area contributed by atoms with Gasteiger partial charge in [-0.15, -0.1) is 0 Å². The van der Waals surface area contributed by atoms with Crippen LogP contribution in [0.15, 0.2) is 18.2 Å². The van der Waals surface area contributed by atoms with Gasteiger partial charge >= 0.3 is 0 Å². The van der Waals surface area contributed by atoms with Gasteiger partial charge in [-0.3, -0.25) is 0 Å². The summed E-state index contributed by atoms with van der Waals surface area (Å²) in [5.41, 5.74) is 6.06.